The number of nitrogens with two attached hydrogens (primary N) is 1. The lowest BCUT2D eigenvalue weighted by atomic mass is 9.95. The normalized spacial score (nSPS) is 14.8. The number of anilines is 1. The van der Waals surface area contributed by atoms with Crippen LogP contribution < -0.4 is 15.4 Å². The summed E-state index contributed by atoms with van der Waals surface area (Å²) < 4.78 is 26.9. The Morgan fingerprint density at radius 1 is 1.12 bits per heavy atom. The number of aromatic nitrogens is 3. The van der Waals surface area contributed by atoms with Crippen molar-refractivity contribution < 1.29 is 8.42 Å². The molecule has 3 N–H and O–H groups in total. The third-order valence-corrected chi connectivity index (χ3v) is 6.99. The van der Waals surface area contributed by atoms with Crippen LogP contribution in [0.15, 0.2) is 41.4 Å². The fourth-order valence-corrected chi connectivity index (χ4v) is 5.22. The number of benzene rings is 1. The molecule has 1 aliphatic heterocycles. The summed E-state index contributed by atoms with van der Waals surface area (Å²) in [6.45, 7) is 9.85. The van der Waals surface area contributed by atoms with Crippen LogP contribution in [0.25, 0.3) is 22.3 Å². The highest BCUT2D eigenvalue weighted by Crippen LogP contribution is 2.36. The van der Waals surface area contributed by atoms with Crippen molar-refractivity contribution in [3.8, 4) is 22.3 Å². The van der Waals surface area contributed by atoms with Gasteiger partial charge in [-0.3, -0.25) is 4.68 Å². The van der Waals surface area contributed by atoms with Crippen molar-refractivity contribution in [3.63, 3.8) is 0 Å². The summed E-state index contributed by atoms with van der Waals surface area (Å²) >= 11 is 0. The van der Waals surface area contributed by atoms with E-state index in [1.807, 2.05) is 36.9 Å². The number of hydrogen-bond acceptors (Lipinski definition) is 6. The maximum atomic E-state index is 12.5. The zero-order valence-corrected chi connectivity index (χ0v) is 20.5. The maximum Gasteiger partial charge on any atom is 0.238 e. The van der Waals surface area contributed by atoms with E-state index in [0.29, 0.717) is 11.5 Å². The molecule has 0 unspecified atom stereocenters. The molecule has 9 heteroatoms. The molecule has 1 saturated heterocycles. The van der Waals surface area contributed by atoms with Crippen molar-refractivity contribution in [2.24, 2.45) is 18.1 Å². The Balaban J connectivity index is 1.86. The molecular formula is C24H32N6O2S. The van der Waals surface area contributed by atoms with E-state index in [0.717, 1.165) is 66.5 Å². The Bertz CT molecular complexity index is 1260. The SMILES string of the molecule is Cc1nn(C)c(CC(C)C)c1-c1cc(-c2ccnc(N3CCNCC3)c2)ccc1S(N)(=O)=O. The Hall–Kier alpha value is -2.75. The first-order chi connectivity index (χ1) is 15.6. The average molecular weight is 469 g/mol. The molecule has 0 aliphatic carbocycles. The second-order valence-corrected chi connectivity index (χ2v) is 10.6. The van der Waals surface area contributed by atoms with Gasteiger partial charge in [0, 0.05) is 56.2 Å². The number of sulfonamides is 1. The summed E-state index contributed by atoms with van der Waals surface area (Å²) in [6, 6.07) is 9.35. The summed E-state index contributed by atoms with van der Waals surface area (Å²) in [5, 5.41) is 13.6. The van der Waals surface area contributed by atoms with Gasteiger partial charge in [0.1, 0.15) is 5.82 Å². The number of aryl methyl sites for hydroxylation is 2. The van der Waals surface area contributed by atoms with Crippen LogP contribution in [0.4, 0.5) is 5.82 Å². The van der Waals surface area contributed by atoms with Crippen LogP contribution in [-0.2, 0) is 23.5 Å². The molecule has 1 fully saturated rings. The van der Waals surface area contributed by atoms with Crippen LogP contribution in [0.2, 0.25) is 0 Å². The molecule has 1 aliphatic rings. The van der Waals surface area contributed by atoms with E-state index in [4.69, 9.17) is 5.14 Å². The molecule has 0 saturated carbocycles. The van der Waals surface area contributed by atoms with Gasteiger partial charge >= 0.3 is 0 Å². The van der Waals surface area contributed by atoms with E-state index in [1.54, 1.807) is 12.3 Å². The van der Waals surface area contributed by atoms with E-state index < -0.39 is 10.0 Å². The van der Waals surface area contributed by atoms with E-state index in [9.17, 15) is 8.42 Å². The van der Waals surface area contributed by atoms with Gasteiger partial charge < -0.3 is 10.2 Å². The van der Waals surface area contributed by atoms with E-state index in [1.165, 1.54) is 0 Å². The lowest BCUT2D eigenvalue weighted by molar-refractivity contribution is 0.585. The highest BCUT2D eigenvalue weighted by molar-refractivity contribution is 7.89. The summed E-state index contributed by atoms with van der Waals surface area (Å²) in [5.41, 5.74) is 5.11. The van der Waals surface area contributed by atoms with Gasteiger partial charge in [0.25, 0.3) is 0 Å². The van der Waals surface area contributed by atoms with Gasteiger partial charge in [-0.25, -0.2) is 18.5 Å². The topological polar surface area (TPSA) is 106 Å². The molecular weight excluding hydrogens is 436 g/mol. The van der Waals surface area contributed by atoms with E-state index >= 15 is 0 Å². The number of hydrogen-bond donors (Lipinski definition) is 2. The highest BCUT2D eigenvalue weighted by Gasteiger charge is 2.24. The molecule has 1 aromatic carbocycles. The minimum Gasteiger partial charge on any atom is -0.354 e. The van der Waals surface area contributed by atoms with Gasteiger partial charge in [-0.15, -0.1) is 0 Å². The standard InChI is InChI=1S/C24H32N6O2S/c1-16(2)13-21-24(17(3)28-29(21)4)20-14-18(5-6-22(20)33(25,31)32)19-7-8-27-23(15-19)30-11-9-26-10-12-30/h5-8,14-16,26H,9-13H2,1-4H3,(H2,25,31,32). The monoisotopic (exact) mass is 468 g/mol. The van der Waals surface area contributed by atoms with Crippen molar-refractivity contribution in [1.29, 1.82) is 0 Å². The number of nitrogens with one attached hydrogen (secondary N) is 1. The molecule has 4 rings (SSSR count). The predicted octanol–water partition coefficient (Wildman–Crippen LogP) is 2.71. The van der Waals surface area contributed by atoms with Gasteiger partial charge in [0.15, 0.2) is 0 Å². The largest absolute Gasteiger partial charge is 0.354 e. The van der Waals surface area contributed by atoms with Crippen molar-refractivity contribution in [3.05, 3.63) is 47.9 Å². The molecule has 3 heterocycles. The third-order valence-electron chi connectivity index (χ3n) is 6.02. The minimum absolute atomic E-state index is 0.115. The van der Waals surface area contributed by atoms with Crippen molar-refractivity contribution in [2.45, 2.75) is 32.1 Å². The lowest BCUT2D eigenvalue weighted by Gasteiger charge is -2.28. The molecule has 176 valence electrons. The highest BCUT2D eigenvalue weighted by atomic mass is 32.2. The Morgan fingerprint density at radius 3 is 2.48 bits per heavy atom. The zero-order valence-electron chi connectivity index (χ0n) is 19.7. The lowest BCUT2D eigenvalue weighted by Crippen LogP contribution is -2.43. The minimum atomic E-state index is -3.92. The van der Waals surface area contributed by atoms with Gasteiger partial charge in [0.05, 0.1) is 10.6 Å². The number of piperazine rings is 1. The maximum absolute atomic E-state index is 12.5. The Kier molecular flexibility index (Phi) is 6.56. The molecule has 8 nitrogen and oxygen atoms in total. The van der Waals surface area contributed by atoms with E-state index in [-0.39, 0.29) is 4.90 Å². The fourth-order valence-electron chi connectivity index (χ4n) is 4.50. The Labute approximate surface area is 195 Å². The van der Waals surface area contributed by atoms with Gasteiger partial charge in [-0.1, -0.05) is 19.9 Å². The molecule has 33 heavy (non-hydrogen) atoms. The van der Waals surface area contributed by atoms with Crippen LogP contribution >= 0.6 is 0 Å². The van der Waals surface area contributed by atoms with Crippen LogP contribution in [0.5, 0.6) is 0 Å². The molecule has 0 amide bonds. The molecule has 2 aromatic heterocycles. The number of nitrogens with zero attached hydrogens (tertiary/aromatic N) is 4. The fraction of sp³-hybridized carbons (Fsp3) is 0.417. The first-order valence-corrected chi connectivity index (χ1v) is 12.8. The van der Waals surface area contributed by atoms with E-state index in [2.05, 4.69) is 40.2 Å². The van der Waals surface area contributed by atoms with Crippen molar-refractivity contribution >= 4 is 15.8 Å². The van der Waals surface area contributed by atoms with Crippen LogP contribution in [0.3, 0.4) is 0 Å². The van der Waals surface area contributed by atoms with Gasteiger partial charge in [-0.05, 0) is 54.7 Å². The van der Waals surface area contributed by atoms with Gasteiger partial charge in [-0.2, -0.15) is 5.10 Å². The number of rotatable bonds is 6. The smallest absolute Gasteiger partial charge is 0.238 e. The number of pyridine rings is 1. The van der Waals surface area contributed by atoms with Crippen molar-refractivity contribution in [2.75, 3.05) is 31.1 Å². The Morgan fingerprint density at radius 2 is 1.82 bits per heavy atom. The summed E-state index contributed by atoms with van der Waals surface area (Å²) in [5.74, 6) is 1.31. The predicted molar refractivity (Wildman–Crippen MR) is 132 cm³/mol. The second kappa shape index (κ2) is 9.24. The molecule has 0 bridgehead atoms. The quantitative estimate of drug-likeness (QED) is 0.576. The summed E-state index contributed by atoms with van der Waals surface area (Å²) in [7, 11) is -2.02. The molecule has 0 radical (unpaired) electrons. The molecule has 0 atom stereocenters. The van der Waals surface area contributed by atoms with Crippen molar-refractivity contribution in [1.82, 2.24) is 20.1 Å². The van der Waals surface area contributed by atoms with Crippen LogP contribution in [0, 0.1) is 12.8 Å². The number of primary sulfonamides is 1. The average Bonchev–Trinajstić information content (AvgIpc) is 3.05. The summed E-state index contributed by atoms with van der Waals surface area (Å²) in [4.78, 5) is 6.93. The first kappa shape index (κ1) is 23.4. The second-order valence-electron chi connectivity index (χ2n) is 9.02. The third kappa shape index (κ3) is 4.95. The van der Waals surface area contributed by atoms with Crippen LogP contribution in [0.1, 0.15) is 25.2 Å². The molecule has 0 spiro atoms. The van der Waals surface area contributed by atoms with Gasteiger partial charge in [0.2, 0.25) is 10.0 Å². The molecule has 3 aromatic rings. The van der Waals surface area contributed by atoms with Crippen LogP contribution in [-0.4, -0.2) is 49.4 Å². The summed E-state index contributed by atoms with van der Waals surface area (Å²) in [6.07, 6.45) is 2.59. The zero-order chi connectivity index (χ0) is 23.8. The first-order valence-electron chi connectivity index (χ1n) is 11.3.